The molecule has 0 amide bonds. The largest absolute Gasteiger partial charge is 0.305 e. The molecule has 0 bridgehead atoms. The van der Waals surface area contributed by atoms with E-state index in [1.807, 2.05) is 36.4 Å². The summed E-state index contributed by atoms with van der Waals surface area (Å²) in [6, 6.07) is 173. The fraction of sp³-hybridized carbons (Fsp3) is 0. The zero-order valence-electron chi connectivity index (χ0n) is 70.6. The van der Waals surface area contributed by atoms with E-state index >= 15 is 0 Å². The lowest BCUT2D eigenvalue weighted by molar-refractivity contribution is 0.961. The van der Waals surface area contributed by atoms with Gasteiger partial charge in [0, 0.05) is 65.3 Å². The minimum atomic E-state index is 0.539. The summed E-state index contributed by atoms with van der Waals surface area (Å²) in [4.78, 5) is 23.1. The Bertz CT molecular complexity index is 7830. The number of hydrogen-bond acceptors (Lipinski definition) is 4. The number of rotatable bonds is 16. The van der Waals surface area contributed by atoms with E-state index in [4.69, 9.17) is 19.9 Å². The van der Waals surface area contributed by atoms with Crippen LogP contribution in [0.5, 0.6) is 0 Å². The first-order chi connectivity index (χ1) is 64.5. The van der Waals surface area contributed by atoms with E-state index in [-0.39, 0.29) is 0 Å². The van der Waals surface area contributed by atoms with Crippen LogP contribution in [0.25, 0.3) is 245 Å². The number of pyridine rings is 1. The highest BCUT2D eigenvalue weighted by Crippen LogP contribution is 2.52. The number of fused-ring (bicyclic) bond motifs is 12. The smallest absolute Gasteiger partial charge is 0.165 e. The second-order valence-electron chi connectivity index (χ2n) is 33.6. The van der Waals surface area contributed by atoms with Crippen LogP contribution in [-0.2, 0) is 0 Å². The van der Waals surface area contributed by atoms with Crippen LogP contribution in [-0.4, -0.2) is 38.2 Å². The van der Waals surface area contributed by atoms with Crippen LogP contribution in [0.4, 0.5) is 0 Å². The van der Waals surface area contributed by atoms with Crippen molar-refractivity contribution in [2.24, 2.45) is 0 Å². The maximum absolute atomic E-state index is 6.97. The maximum Gasteiger partial charge on any atom is 0.165 e. The molecule has 606 valence electrons. The standard InChI is InChI=1S/C122H78N8/c1-11-31-79(32-12-1)91-55-63-107-99(71-91)100-72-92(80-33-13-2-14-34-80)56-64-108(100)127(107)116-115(87-51-53-90(54-52-87)120-124-118(88-47-27-9-28-48-88)123-119(125-120)89-49-29-10-30-50-89)117(128-109-65-57-93(81-35-15-3-16-36-81)73-101(109)102-74-94(58-66-110(102)128)82-37-17-4-18-38-82)122(130-113-69-61-97(85-43-23-7-24-44-85)77-105(113)106-78-98(62-70-114(106)130)86-45-25-8-26-46-86)126-121(116)129-111-67-59-95(83-39-19-5-20-40-83)75-103(111)104-76-96(60-68-112(104)129)84-41-21-6-22-42-84/h1-78H. The zero-order chi connectivity index (χ0) is 85.7. The van der Waals surface area contributed by atoms with Gasteiger partial charge in [0.1, 0.15) is 11.4 Å². The normalized spacial score (nSPS) is 11.7. The second-order valence-corrected chi connectivity index (χ2v) is 33.6. The molecule has 25 rings (SSSR count). The number of aromatic nitrogens is 8. The van der Waals surface area contributed by atoms with E-state index in [2.05, 4.69) is 455 Å². The SMILES string of the molecule is c1ccc(-c2ccc3c(c2)c2cc(-c4ccccc4)ccc2n3-c2nc(-n3c4ccc(-c5ccccc5)cc4c4cc(-c5ccccc5)ccc43)c(-n3c4ccc(-c5ccccc5)cc4c4cc(-c5ccccc5)ccc43)c(-c3ccc(-c4nc(-c5ccccc5)nc(-c5ccccc5)n4)cc3)c2-n2c3ccc(-c4ccccc4)cc3c3cc(-c4ccccc4)ccc32)cc1. The van der Waals surface area contributed by atoms with Gasteiger partial charge in [-0.25, -0.2) is 19.9 Å². The molecule has 6 heterocycles. The summed E-state index contributed by atoms with van der Waals surface area (Å²) in [5, 5.41) is 8.63. The van der Waals surface area contributed by atoms with Crippen LogP contribution in [0.1, 0.15) is 0 Å². The summed E-state index contributed by atoms with van der Waals surface area (Å²) in [6.07, 6.45) is 0. The molecule has 0 unspecified atom stereocenters. The van der Waals surface area contributed by atoms with Gasteiger partial charge in [-0.05, 0) is 192 Å². The first-order valence-electron chi connectivity index (χ1n) is 44.3. The van der Waals surface area contributed by atoms with E-state index in [1.165, 1.54) is 0 Å². The third kappa shape index (κ3) is 12.9. The van der Waals surface area contributed by atoms with Gasteiger partial charge in [0.2, 0.25) is 0 Å². The molecule has 0 fully saturated rings. The molecule has 6 aromatic heterocycles. The van der Waals surface area contributed by atoms with Gasteiger partial charge < -0.3 is 9.13 Å². The summed E-state index contributed by atoms with van der Waals surface area (Å²) in [5.74, 6) is 3.09. The van der Waals surface area contributed by atoms with Gasteiger partial charge in [-0.15, -0.1) is 0 Å². The van der Waals surface area contributed by atoms with E-state index in [9.17, 15) is 0 Å². The average molecular weight is 1660 g/mol. The van der Waals surface area contributed by atoms with Crippen molar-refractivity contribution in [2.45, 2.75) is 0 Å². The van der Waals surface area contributed by atoms with E-state index in [0.717, 1.165) is 215 Å². The Labute approximate surface area is 750 Å². The molecule has 0 saturated carbocycles. The molecule has 130 heavy (non-hydrogen) atoms. The molecule has 0 saturated heterocycles. The molecule has 0 radical (unpaired) electrons. The summed E-state index contributed by atoms with van der Waals surface area (Å²) in [5.41, 5.74) is 31.7. The molecule has 0 aliphatic heterocycles. The molecule has 8 heteroatoms. The Morgan fingerprint density at radius 3 is 0.469 bits per heavy atom. The van der Waals surface area contributed by atoms with Gasteiger partial charge in [0.25, 0.3) is 0 Å². The topological polar surface area (TPSA) is 71.3 Å². The molecule has 8 nitrogen and oxygen atoms in total. The van der Waals surface area contributed by atoms with Crippen molar-refractivity contribution in [3.8, 4) is 157 Å². The molecule has 0 atom stereocenters. The number of nitrogens with zero attached hydrogens (tertiary/aromatic N) is 8. The Morgan fingerprint density at radius 2 is 0.277 bits per heavy atom. The van der Waals surface area contributed by atoms with E-state index in [0.29, 0.717) is 29.1 Å². The van der Waals surface area contributed by atoms with Crippen molar-refractivity contribution < 1.29 is 0 Å². The summed E-state index contributed by atoms with van der Waals surface area (Å²) in [7, 11) is 0. The van der Waals surface area contributed by atoms with Crippen LogP contribution >= 0.6 is 0 Å². The number of benzene rings is 19. The van der Waals surface area contributed by atoms with Crippen LogP contribution < -0.4 is 0 Å². The fourth-order valence-corrected chi connectivity index (χ4v) is 19.8. The molecular formula is C122H78N8. The first kappa shape index (κ1) is 75.1. The van der Waals surface area contributed by atoms with Crippen LogP contribution in [0.2, 0.25) is 0 Å². The predicted octanol–water partition coefficient (Wildman–Crippen LogP) is 31.7. The van der Waals surface area contributed by atoms with Crippen molar-refractivity contribution in [1.29, 1.82) is 0 Å². The van der Waals surface area contributed by atoms with Gasteiger partial charge in [-0.1, -0.05) is 376 Å². The fourth-order valence-electron chi connectivity index (χ4n) is 19.8. The monoisotopic (exact) mass is 1650 g/mol. The van der Waals surface area contributed by atoms with Crippen LogP contribution in [0, 0.1) is 0 Å². The second kappa shape index (κ2) is 31.3. The summed E-state index contributed by atoms with van der Waals surface area (Å²) >= 11 is 0. The lowest BCUT2D eigenvalue weighted by atomic mass is 9.98. The van der Waals surface area contributed by atoms with Gasteiger partial charge in [0.15, 0.2) is 29.1 Å². The first-order valence-corrected chi connectivity index (χ1v) is 44.3. The van der Waals surface area contributed by atoms with Crippen molar-refractivity contribution in [2.75, 3.05) is 0 Å². The third-order valence-electron chi connectivity index (χ3n) is 26.0. The molecule has 0 spiro atoms. The lowest BCUT2D eigenvalue weighted by Gasteiger charge is -2.27. The van der Waals surface area contributed by atoms with Gasteiger partial charge in [-0.3, -0.25) is 9.13 Å². The third-order valence-corrected chi connectivity index (χ3v) is 26.0. The zero-order valence-corrected chi connectivity index (χ0v) is 70.6. The van der Waals surface area contributed by atoms with Crippen LogP contribution in [0.3, 0.4) is 0 Å². The molecule has 0 aliphatic carbocycles. The Hall–Kier alpha value is -17.5. The van der Waals surface area contributed by atoms with Gasteiger partial charge in [0.05, 0.1) is 44.1 Å². The minimum absolute atomic E-state index is 0.539. The molecule has 0 N–H and O–H groups in total. The predicted molar refractivity (Wildman–Crippen MR) is 540 cm³/mol. The van der Waals surface area contributed by atoms with Crippen molar-refractivity contribution in [1.82, 2.24) is 38.2 Å². The Morgan fingerprint density at radius 1 is 0.123 bits per heavy atom. The highest BCUT2D eigenvalue weighted by Gasteiger charge is 2.34. The average Bonchev–Trinajstić information content (AvgIpc) is 1.51. The molecule has 19 aromatic carbocycles. The van der Waals surface area contributed by atoms with Crippen molar-refractivity contribution in [3.63, 3.8) is 0 Å². The quantitative estimate of drug-likeness (QED) is 0.0966. The Balaban J connectivity index is 0.912. The number of hydrogen-bond donors (Lipinski definition) is 0. The Kier molecular flexibility index (Phi) is 18.1. The van der Waals surface area contributed by atoms with Gasteiger partial charge >= 0.3 is 0 Å². The molecular weight excluding hydrogens is 1580 g/mol. The lowest BCUT2D eigenvalue weighted by Crippen LogP contribution is -2.16. The van der Waals surface area contributed by atoms with E-state index in [1.54, 1.807) is 0 Å². The molecule has 0 aliphatic rings. The van der Waals surface area contributed by atoms with E-state index < -0.39 is 0 Å². The summed E-state index contributed by atoms with van der Waals surface area (Å²) in [6.45, 7) is 0. The minimum Gasteiger partial charge on any atom is -0.305 e. The maximum atomic E-state index is 6.97. The van der Waals surface area contributed by atoms with Crippen molar-refractivity contribution in [3.05, 3.63) is 473 Å². The highest BCUT2D eigenvalue weighted by molar-refractivity contribution is 6.19. The van der Waals surface area contributed by atoms with Crippen LogP contribution in [0.15, 0.2) is 473 Å². The van der Waals surface area contributed by atoms with Crippen molar-refractivity contribution >= 4 is 87.2 Å². The van der Waals surface area contributed by atoms with Gasteiger partial charge in [-0.2, -0.15) is 0 Å². The highest BCUT2D eigenvalue weighted by atomic mass is 15.2. The summed E-state index contributed by atoms with van der Waals surface area (Å²) < 4.78 is 10.2. The molecule has 25 aromatic rings.